The van der Waals surface area contributed by atoms with Crippen LogP contribution in [0.25, 0.3) is 0 Å². The number of aliphatic carboxylic acids is 1. The number of hydrogen-bond donors (Lipinski definition) is 1. The van der Waals surface area contributed by atoms with Gasteiger partial charge < -0.3 is 5.11 Å². The fourth-order valence-electron chi connectivity index (χ4n) is 4.33. The van der Waals surface area contributed by atoms with Crippen LogP contribution in [-0.4, -0.2) is 11.1 Å². The summed E-state index contributed by atoms with van der Waals surface area (Å²) in [6.45, 7) is 6.90. The molecule has 0 heterocycles. The highest BCUT2D eigenvalue weighted by Crippen LogP contribution is 2.50. The zero-order valence-corrected chi connectivity index (χ0v) is 17.0. The molecule has 0 amide bonds. The van der Waals surface area contributed by atoms with Crippen molar-refractivity contribution in [2.45, 2.75) is 97.8 Å². The molecule has 2 aliphatic rings. The van der Waals surface area contributed by atoms with E-state index in [9.17, 15) is 9.90 Å². The van der Waals surface area contributed by atoms with Gasteiger partial charge in [-0.25, -0.2) is 0 Å². The minimum Gasteiger partial charge on any atom is -0.481 e. The standard InChI is InChI=1S/C24H36O2/c1-18-10-11-20(8-4-6-12-23(3)14-15-23)21(19(18)2)9-5-7-13-24(16-17-24)22(25)26/h10-11H,4-9,12-17H2,1-3H3,(H,25,26). The number of hydrogen-bond acceptors (Lipinski definition) is 1. The maximum atomic E-state index is 11.3. The average molecular weight is 357 g/mol. The Morgan fingerprint density at radius 2 is 1.62 bits per heavy atom. The summed E-state index contributed by atoms with van der Waals surface area (Å²) in [5.74, 6) is -0.575. The van der Waals surface area contributed by atoms with Gasteiger partial charge in [0.2, 0.25) is 0 Å². The fraction of sp³-hybridized carbons (Fsp3) is 0.708. The lowest BCUT2D eigenvalue weighted by Crippen LogP contribution is -2.14. The zero-order chi connectivity index (χ0) is 18.8. The highest BCUT2D eigenvalue weighted by atomic mass is 16.4. The van der Waals surface area contributed by atoms with Crippen molar-refractivity contribution in [1.82, 2.24) is 0 Å². The van der Waals surface area contributed by atoms with Gasteiger partial charge in [0.05, 0.1) is 5.41 Å². The summed E-state index contributed by atoms with van der Waals surface area (Å²) in [4.78, 5) is 11.3. The van der Waals surface area contributed by atoms with Crippen molar-refractivity contribution in [3.63, 3.8) is 0 Å². The van der Waals surface area contributed by atoms with Crippen molar-refractivity contribution in [3.05, 3.63) is 34.4 Å². The maximum absolute atomic E-state index is 11.3. The predicted octanol–water partition coefficient (Wildman–Crippen LogP) is 6.39. The van der Waals surface area contributed by atoms with E-state index in [0.29, 0.717) is 5.41 Å². The van der Waals surface area contributed by atoms with Crippen LogP contribution in [0, 0.1) is 24.7 Å². The third-order valence-electron chi connectivity index (χ3n) is 7.19. The van der Waals surface area contributed by atoms with Gasteiger partial charge in [-0.2, -0.15) is 0 Å². The second-order valence-corrected chi connectivity index (χ2v) is 9.46. The van der Waals surface area contributed by atoms with Crippen molar-refractivity contribution in [2.75, 3.05) is 0 Å². The van der Waals surface area contributed by atoms with Crippen LogP contribution in [-0.2, 0) is 17.6 Å². The predicted molar refractivity (Wildman–Crippen MR) is 108 cm³/mol. The molecule has 2 nitrogen and oxygen atoms in total. The van der Waals surface area contributed by atoms with E-state index in [-0.39, 0.29) is 5.41 Å². The molecule has 26 heavy (non-hydrogen) atoms. The molecule has 0 unspecified atom stereocenters. The lowest BCUT2D eigenvalue weighted by atomic mass is 9.89. The molecular weight excluding hydrogens is 320 g/mol. The van der Waals surface area contributed by atoms with E-state index in [0.717, 1.165) is 38.5 Å². The SMILES string of the molecule is Cc1ccc(CCCCC2(C)CC2)c(CCCCC2(C(=O)O)CC2)c1C. The Bertz CT molecular complexity index is 650. The molecule has 0 radical (unpaired) electrons. The molecule has 1 aromatic rings. The minimum absolute atomic E-state index is 0.358. The summed E-state index contributed by atoms with van der Waals surface area (Å²) in [5, 5.41) is 9.33. The summed E-state index contributed by atoms with van der Waals surface area (Å²) in [6, 6.07) is 4.62. The molecule has 0 bridgehead atoms. The van der Waals surface area contributed by atoms with Gasteiger partial charge in [0.15, 0.2) is 0 Å². The Balaban J connectivity index is 1.51. The molecule has 2 fully saturated rings. The second-order valence-electron chi connectivity index (χ2n) is 9.46. The van der Waals surface area contributed by atoms with E-state index in [1.165, 1.54) is 55.2 Å². The molecule has 0 spiro atoms. The Hall–Kier alpha value is -1.31. The van der Waals surface area contributed by atoms with Gasteiger partial charge in [-0.15, -0.1) is 0 Å². The van der Waals surface area contributed by atoms with E-state index in [1.807, 2.05) is 0 Å². The first-order valence-corrected chi connectivity index (χ1v) is 10.7. The molecule has 0 aliphatic heterocycles. The number of rotatable bonds is 11. The first-order chi connectivity index (χ1) is 12.4. The molecule has 3 rings (SSSR count). The number of aryl methyl sites for hydroxylation is 2. The smallest absolute Gasteiger partial charge is 0.309 e. The number of carboxylic acids is 1. The lowest BCUT2D eigenvalue weighted by molar-refractivity contribution is -0.143. The third-order valence-corrected chi connectivity index (χ3v) is 7.19. The Labute approximate surface area is 159 Å². The molecule has 0 saturated heterocycles. The normalized spacial score (nSPS) is 19.3. The molecule has 1 N–H and O–H groups in total. The molecule has 2 heteroatoms. The quantitative estimate of drug-likeness (QED) is 0.466. The van der Waals surface area contributed by atoms with Gasteiger partial charge in [-0.05, 0) is 106 Å². The van der Waals surface area contributed by atoms with Crippen LogP contribution in [0.3, 0.4) is 0 Å². The van der Waals surface area contributed by atoms with Gasteiger partial charge in [0, 0.05) is 0 Å². The van der Waals surface area contributed by atoms with Crippen molar-refractivity contribution < 1.29 is 9.90 Å². The van der Waals surface area contributed by atoms with Crippen LogP contribution >= 0.6 is 0 Å². The van der Waals surface area contributed by atoms with Gasteiger partial charge >= 0.3 is 5.97 Å². The summed E-state index contributed by atoms with van der Waals surface area (Å²) < 4.78 is 0. The zero-order valence-electron chi connectivity index (χ0n) is 17.0. The van der Waals surface area contributed by atoms with E-state index in [2.05, 4.69) is 32.9 Å². The monoisotopic (exact) mass is 356 g/mol. The Kier molecular flexibility index (Phi) is 5.79. The maximum Gasteiger partial charge on any atom is 0.309 e. The average Bonchev–Trinajstić information content (AvgIpc) is 3.51. The van der Waals surface area contributed by atoms with Crippen molar-refractivity contribution in [1.29, 1.82) is 0 Å². The molecule has 2 aliphatic carbocycles. The first-order valence-electron chi connectivity index (χ1n) is 10.7. The summed E-state index contributed by atoms with van der Waals surface area (Å²) >= 11 is 0. The van der Waals surface area contributed by atoms with Crippen LogP contribution in [0.1, 0.15) is 93.4 Å². The van der Waals surface area contributed by atoms with Crippen LogP contribution in [0.2, 0.25) is 0 Å². The minimum atomic E-state index is -0.575. The highest BCUT2D eigenvalue weighted by Gasteiger charge is 2.49. The largest absolute Gasteiger partial charge is 0.481 e. The second kappa shape index (κ2) is 7.74. The van der Waals surface area contributed by atoms with Gasteiger partial charge in [-0.3, -0.25) is 4.79 Å². The Morgan fingerprint density at radius 1 is 0.962 bits per heavy atom. The lowest BCUT2D eigenvalue weighted by Gasteiger charge is -2.16. The van der Waals surface area contributed by atoms with Gasteiger partial charge in [0.25, 0.3) is 0 Å². The van der Waals surface area contributed by atoms with E-state index in [1.54, 1.807) is 5.56 Å². The van der Waals surface area contributed by atoms with E-state index in [4.69, 9.17) is 0 Å². The molecule has 2 saturated carbocycles. The van der Waals surface area contributed by atoms with Gasteiger partial charge in [-0.1, -0.05) is 31.9 Å². The molecular formula is C24H36O2. The summed E-state index contributed by atoms with van der Waals surface area (Å²) in [7, 11) is 0. The van der Waals surface area contributed by atoms with Crippen LogP contribution < -0.4 is 0 Å². The summed E-state index contributed by atoms with van der Waals surface area (Å²) in [5.41, 5.74) is 6.24. The van der Waals surface area contributed by atoms with E-state index < -0.39 is 5.97 Å². The van der Waals surface area contributed by atoms with E-state index >= 15 is 0 Å². The topological polar surface area (TPSA) is 37.3 Å². The number of unbranched alkanes of at least 4 members (excludes halogenated alkanes) is 2. The number of carboxylic acid groups (broad SMARTS) is 1. The van der Waals surface area contributed by atoms with Crippen LogP contribution in [0.4, 0.5) is 0 Å². The number of carbonyl (C=O) groups is 1. The van der Waals surface area contributed by atoms with Crippen molar-refractivity contribution in [2.24, 2.45) is 10.8 Å². The molecule has 0 aromatic heterocycles. The number of benzene rings is 1. The van der Waals surface area contributed by atoms with Crippen LogP contribution in [0.15, 0.2) is 12.1 Å². The third kappa shape index (κ3) is 4.69. The highest BCUT2D eigenvalue weighted by molar-refractivity contribution is 5.77. The summed E-state index contributed by atoms with van der Waals surface area (Å²) in [6.07, 6.45) is 14.0. The molecule has 144 valence electrons. The van der Waals surface area contributed by atoms with Crippen LogP contribution in [0.5, 0.6) is 0 Å². The van der Waals surface area contributed by atoms with Gasteiger partial charge in [0.1, 0.15) is 0 Å². The fourth-order valence-corrected chi connectivity index (χ4v) is 4.33. The van der Waals surface area contributed by atoms with Crippen molar-refractivity contribution >= 4 is 5.97 Å². The first kappa shape index (κ1) is 19.5. The molecule has 0 atom stereocenters. The Morgan fingerprint density at radius 3 is 2.23 bits per heavy atom. The van der Waals surface area contributed by atoms with Crippen molar-refractivity contribution in [3.8, 4) is 0 Å². The molecule has 1 aromatic carbocycles.